The summed E-state index contributed by atoms with van der Waals surface area (Å²) < 4.78 is 41.3. The van der Waals surface area contributed by atoms with Crippen molar-refractivity contribution in [1.29, 1.82) is 0 Å². The van der Waals surface area contributed by atoms with Gasteiger partial charge in [-0.25, -0.2) is 4.79 Å². The number of alkyl halides is 3. The number of carboxylic acids is 1. The number of carbonyl (C=O) groups is 2. The molecule has 38 heavy (non-hydrogen) atoms. The van der Waals surface area contributed by atoms with Crippen LogP contribution in [0.2, 0.25) is 0 Å². The predicted octanol–water partition coefficient (Wildman–Crippen LogP) is 5.75. The lowest BCUT2D eigenvalue weighted by Gasteiger charge is -2.13. The molecule has 0 saturated heterocycles. The molecule has 1 aliphatic rings. The number of benzene rings is 3. The van der Waals surface area contributed by atoms with Crippen molar-refractivity contribution >= 4 is 29.0 Å². The highest BCUT2D eigenvalue weighted by atomic mass is 19.4. The first kappa shape index (κ1) is 26.5. The Labute approximate surface area is 216 Å². The van der Waals surface area contributed by atoms with Gasteiger partial charge in [-0.3, -0.25) is 4.79 Å². The molecule has 196 valence electrons. The van der Waals surface area contributed by atoms with Crippen LogP contribution in [0.25, 0.3) is 0 Å². The molecular weight excluding hydrogens is 499 g/mol. The lowest BCUT2D eigenvalue weighted by Crippen LogP contribution is -2.26. The zero-order valence-corrected chi connectivity index (χ0v) is 20.5. The van der Waals surface area contributed by atoms with Crippen molar-refractivity contribution < 1.29 is 33.0 Å². The topological polar surface area (TPSA) is 102 Å². The molecule has 3 N–H and O–H groups in total. The molecule has 0 saturated carbocycles. The summed E-state index contributed by atoms with van der Waals surface area (Å²) in [5, 5.41) is 26.5. The minimum atomic E-state index is -4.96. The van der Waals surface area contributed by atoms with Gasteiger partial charge < -0.3 is 15.5 Å². The number of nitrogens with one attached hydrogen (secondary N) is 1. The van der Waals surface area contributed by atoms with Crippen LogP contribution >= 0.6 is 0 Å². The Balaban J connectivity index is 1.60. The number of hydrogen-bond donors (Lipinski definition) is 3. The van der Waals surface area contributed by atoms with Gasteiger partial charge in [-0.2, -0.15) is 23.3 Å². The van der Waals surface area contributed by atoms with E-state index in [1.165, 1.54) is 24.3 Å². The number of carbonyl (C=O) groups excluding carboxylic acids is 1. The summed E-state index contributed by atoms with van der Waals surface area (Å²) in [4.78, 5) is 24.2. The maximum absolute atomic E-state index is 13.8. The number of hydrazone groups is 1. The second kappa shape index (κ2) is 10.4. The number of carboxylic acid groups (broad SMARTS) is 1. The van der Waals surface area contributed by atoms with Gasteiger partial charge in [0.2, 0.25) is 0 Å². The highest BCUT2D eigenvalue weighted by molar-refractivity contribution is 6.32. The molecule has 10 heteroatoms. The number of aromatic hydroxyl groups is 1. The number of aryl methyl sites for hydroxylation is 3. The highest BCUT2D eigenvalue weighted by Crippen LogP contribution is 2.33. The third-order valence-corrected chi connectivity index (χ3v) is 6.26. The molecule has 0 aromatic heterocycles. The summed E-state index contributed by atoms with van der Waals surface area (Å²) in [6, 6.07) is 15.7. The highest BCUT2D eigenvalue weighted by Gasteiger charge is 2.47. The Morgan fingerprint density at radius 3 is 2.34 bits per heavy atom. The van der Waals surface area contributed by atoms with Crippen LogP contribution in [0.15, 0.2) is 77.5 Å². The maximum Gasteiger partial charge on any atom is 0.435 e. The third-order valence-electron chi connectivity index (χ3n) is 6.26. The Morgan fingerprint density at radius 1 is 1.03 bits per heavy atom. The molecule has 1 amide bonds. The van der Waals surface area contributed by atoms with Crippen molar-refractivity contribution in [2.24, 2.45) is 5.10 Å². The largest absolute Gasteiger partial charge is 0.505 e. The SMILES string of the molecule is Cc1cccc(C)c1CCc1cccc(N/C=C2\C(=O)N(c3cccc(C(=O)O)c3)N=C2C(F)(F)F)c1O. The van der Waals surface area contributed by atoms with Gasteiger partial charge in [0, 0.05) is 6.20 Å². The molecule has 0 aliphatic carbocycles. The minimum absolute atomic E-state index is 0.122. The first-order valence-electron chi connectivity index (χ1n) is 11.6. The molecule has 0 radical (unpaired) electrons. The van der Waals surface area contributed by atoms with Crippen molar-refractivity contribution in [3.63, 3.8) is 0 Å². The van der Waals surface area contributed by atoms with E-state index >= 15 is 0 Å². The van der Waals surface area contributed by atoms with Gasteiger partial charge in [-0.1, -0.05) is 36.4 Å². The number of para-hydroxylation sites is 1. The van der Waals surface area contributed by atoms with Gasteiger partial charge >= 0.3 is 12.1 Å². The van der Waals surface area contributed by atoms with Crippen LogP contribution in [0.1, 0.15) is 32.6 Å². The molecule has 0 spiro atoms. The van der Waals surface area contributed by atoms with Gasteiger partial charge in [0.05, 0.1) is 22.5 Å². The van der Waals surface area contributed by atoms with Crippen molar-refractivity contribution in [2.75, 3.05) is 10.3 Å². The van der Waals surface area contributed by atoms with Crippen LogP contribution in [0, 0.1) is 13.8 Å². The average molecular weight is 524 g/mol. The van der Waals surface area contributed by atoms with Crippen LogP contribution in [0.5, 0.6) is 5.75 Å². The monoisotopic (exact) mass is 523 g/mol. The summed E-state index contributed by atoms with van der Waals surface area (Å²) in [5.74, 6) is -2.54. The lowest BCUT2D eigenvalue weighted by molar-refractivity contribution is -0.114. The van der Waals surface area contributed by atoms with E-state index in [2.05, 4.69) is 10.4 Å². The number of halogens is 3. The molecule has 4 rings (SSSR count). The standard InChI is InChI=1S/C28H24F3N3O4/c1-16-6-3-7-17(2)21(16)13-12-18-8-5-11-23(24(18)35)32-15-22-25(28(29,30)31)33-34(26(22)36)20-10-4-9-19(14-20)27(37)38/h3-11,14-15,32,35H,12-13H2,1-2H3,(H,37,38)/b22-15-. The molecule has 0 bridgehead atoms. The Bertz CT molecular complexity index is 1460. The average Bonchev–Trinajstić information content (AvgIpc) is 3.20. The van der Waals surface area contributed by atoms with E-state index in [-0.39, 0.29) is 22.7 Å². The van der Waals surface area contributed by atoms with E-state index in [1.54, 1.807) is 12.1 Å². The first-order chi connectivity index (χ1) is 18.0. The lowest BCUT2D eigenvalue weighted by atomic mass is 9.96. The number of rotatable bonds is 7. The molecule has 1 heterocycles. The van der Waals surface area contributed by atoms with E-state index in [0.717, 1.165) is 29.0 Å². The number of amides is 1. The predicted molar refractivity (Wildman–Crippen MR) is 138 cm³/mol. The quantitative estimate of drug-likeness (QED) is 0.270. The summed E-state index contributed by atoms with van der Waals surface area (Å²) in [7, 11) is 0. The summed E-state index contributed by atoms with van der Waals surface area (Å²) in [6.07, 6.45) is -2.96. The molecule has 0 atom stereocenters. The fourth-order valence-corrected chi connectivity index (χ4v) is 4.26. The number of hydrogen-bond acceptors (Lipinski definition) is 5. The number of nitrogens with zero attached hydrogens (tertiary/aromatic N) is 2. The smallest absolute Gasteiger partial charge is 0.435 e. The fourth-order valence-electron chi connectivity index (χ4n) is 4.26. The molecule has 0 fully saturated rings. The number of anilines is 2. The van der Waals surface area contributed by atoms with E-state index in [4.69, 9.17) is 0 Å². The van der Waals surface area contributed by atoms with E-state index in [0.29, 0.717) is 23.4 Å². The van der Waals surface area contributed by atoms with Gasteiger partial charge in [0.15, 0.2) is 5.71 Å². The van der Waals surface area contributed by atoms with E-state index < -0.39 is 29.3 Å². The zero-order chi connectivity index (χ0) is 27.6. The first-order valence-corrected chi connectivity index (χ1v) is 11.6. The molecule has 3 aromatic rings. The Kier molecular flexibility index (Phi) is 7.25. The van der Waals surface area contributed by atoms with E-state index in [1.807, 2.05) is 32.0 Å². The Morgan fingerprint density at radius 2 is 1.68 bits per heavy atom. The molecule has 0 unspecified atom stereocenters. The number of aromatic carboxylic acids is 1. The van der Waals surface area contributed by atoms with Crippen LogP contribution in [0.3, 0.4) is 0 Å². The fraction of sp³-hybridized carbons (Fsp3) is 0.179. The van der Waals surface area contributed by atoms with Gasteiger partial charge in [0.1, 0.15) is 5.75 Å². The summed E-state index contributed by atoms with van der Waals surface area (Å²) in [6.45, 7) is 4.01. The molecular formula is C28H24F3N3O4. The van der Waals surface area contributed by atoms with Crippen molar-refractivity contribution in [1.82, 2.24) is 0 Å². The van der Waals surface area contributed by atoms with Crippen LogP contribution in [-0.2, 0) is 17.6 Å². The second-order valence-electron chi connectivity index (χ2n) is 8.80. The maximum atomic E-state index is 13.8. The van der Waals surface area contributed by atoms with Crippen LogP contribution in [0.4, 0.5) is 24.5 Å². The molecule has 1 aliphatic heterocycles. The molecule has 7 nitrogen and oxygen atoms in total. The normalized spacial score (nSPS) is 14.7. The number of phenolic OH excluding ortho intramolecular Hbond substituents is 1. The van der Waals surface area contributed by atoms with Gasteiger partial charge in [0.25, 0.3) is 5.91 Å². The van der Waals surface area contributed by atoms with Gasteiger partial charge in [-0.15, -0.1) is 0 Å². The minimum Gasteiger partial charge on any atom is -0.505 e. The second-order valence-corrected chi connectivity index (χ2v) is 8.80. The van der Waals surface area contributed by atoms with Crippen molar-refractivity contribution in [3.05, 3.63) is 100 Å². The van der Waals surface area contributed by atoms with E-state index in [9.17, 15) is 33.0 Å². The third kappa shape index (κ3) is 5.39. The summed E-state index contributed by atoms with van der Waals surface area (Å²) >= 11 is 0. The van der Waals surface area contributed by atoms with Gasteiger partial charge in [-0.05, 0) is 73.2 Å². The zero-order valence-electron chi connectivity index (χ0n) is 20.5. The summed E-state index contributed by atoms with van der Waals surface area (Å²) in [5.41, 5.74) is 1.56. The Hall–Kier alpha value is -4.60. The van der Waals surface area contributed by atoms with Crippen LogP contribution < -0.4 is 10.3 Å². The number of phenols is 1. The van der Waals surface area contributed by atoms with Crippen LogP contribution in [-0.4, -0.2) is 34.0 Å². The van der Waals surface area contributed by atoms with Crippen molar-refractivity contribution in [2.45, 2.75) is 32.9 Å². The molecule has 3 aromatic carbocycles. The van der Waals surface area contributed by atoms with Crippen molar-refractivity contribution in [3.8, 4) is 5.75 Å².